The van der Waals surface area contributed by atoms with Gasteiger partial charge in [0.25, 0.3) is 0 Å². The van der Waals surface area contributed by atoms with E-state index in [0.717, 1.165) is 24.1 Å². The third-order valence-electron chi connectivity index (χ3n) is 4.89. The fourth-order valence-corrected chi connectivity index (χ4v) is 3.76. The number of piperidine rings is 2. The Balaban J connectivity index is 1.78. The molecule has 0 N–H and O–H groups in total. The molecular formula is C16H22N2O. The van der Waals surface area contributed by atoms with Crippen molar-refractivity contribution in [3.05, 3.63) is 29.6 Å². The van der Waals surface area contributed by atoms with E-state index in [1.54, 1.807) is 6.20 Å². The van der Waals surface area contributed by atoms with E-state index in [1.165, 1.54) is 19.3 Å². The Kier molecular flexibility index (Phi) is 3.40. The lowest BCUT2D eigenvalue weighted by Crippen LogP contribution is -2.51. The van der Waals surface area contributed by atoms with Crippen LogP contribution in [0.2, 0.25) is 0 Å². The topological polar surface area (TPSA) is 33.2 Å². The molecule has 0 aromatic carbocycles. The van der Waals surface area contributed by atoms with Crippen molar-refractivity contribution in [2.45, 2.75) is 51.1 Å². The monoisotopic (exact) mass is 258 g/mol. The van der Waals surface area contributed by atoms with Crippen molar-refractivity contribution in [1.29, 1.82) is 0 Å². The molecule has 2 aliphatic heterocycles. The zero-order chi connectivity index (χ0) is 13.4. The second-order valence-corrected chi connectivity index (χ2v) is 6.12. The maximum absolute atomic E-state index is 12.6. The number of fused-ring (bicyclic) bond motifs is 2. The number of carbonyl (C=O) groups is 1. The van der Waals surface area contributed by atoms with Crippen LogP contribution >= 0.6 is 0 Å². The van der Waals surface area contributed by atoms with E-state index in [2.05, 4.69) is 16.9 Å². The summed E-state index contributed by atoms with van der Waals surface area (Å²) in [6.07, 6.45) is 7.66. The van der Waals surface area contributed by atoms with Crippen LogP contribution in [0.1, 0.15) is 48.2 Å². The highest BCUT2D eigenvalue weighted by Gasteiger charge is 2.38. The third-order valence-corrected chi connectivity index (χ3v) is 4.89. The van der Waals surface area contributed by atoms with Crippen LogP contribution in [0, 0.1) is 12.8 Å². The number of aryl methyl sites for hydroxylation is 1. The van der Waals surface area contributed by atoms with E-state index in [4.69, 9.17) is 0 Å². The molecule has 0 spiro atoms. The van der Waals surface area contributed by atoms with Crippen LogP contribution in [-0.2, 0) is 0 Å². The molecule has 0 saturated carbocycles. The predicted molar refractivity (Wildman–Crippen MR) is 75.2 cm³/mol. The molecule has 3 nitrogen and oxygen atoms in total. The Morgan fingerprint density at radius 3 is 2.63 bits per heavy atom. The van der Waals surface area contributed by atoms with Gasteiger partial charge < -0.3 is 4.90 Å². The second-order valence-electron chi connectivity index (χ2n) is 6.12. The summed E-state index contributed by atoms with van der Waals surface area (Å²) >= 11 is 0. The molecule has 2 saturated heterocycles. The molecule has 102 valence electrons. The van der Waals surface area contributed by atoms with Crippen molar-refractivity contribution in [2.75, 3.05) is 7.05 Å². The Morgan fingerprint density at radius 1 is 1.32 bits per heavy atom. The standard InChI is InChI=1S/C16H22N2O/c1-11-8-12(6-7-17-11)16(19)13-9-14-4-3-5-15(10-13)18(14)2/h6-8,13-15H,3-5,9-10H2,1-2H3. The van der Waals surface area contributed by atoms with Crippen molar-refractivity contribution < 1.29 is 4.79 Å². The zero-order valence-electron chi connectivity index (χ0n) is 11.8. The summed E-state index contributed by atoms with van der Waals surface area (Å²) in [6.45, 7) is 1.94. The summed E-state index contributed by atoms with van der Waals surface area (Å²) < 4.78 is 0. The molecule has 2 bridgehead atoms. The summed E-state index contributed by atoms with van der Waals surface area (Å²) in [6, 6.07) is 5.02. The molecule has 2 fully saturated rings. The summed E-state index contributed by atoms with van der Waals surface area (Å²) in [5, 5.41) is 0. The number of hydrogen-bond donors (Lipinski definition) is 0. The molecule has 0 amide bonds. The molecule has 3 heterocycles. The molecular weight excluding hydrogens is 236 g/mol. The van der Waals surface area contributed by atoms with Crippen LogP contribution in [-0.4, -0.2) is 34.8 Å². The number of carbonyl (C=O) groups excluding carboxylic acids is 1. The van der Waals surface area contributed by atoms with Gasteiger partial charge in [-0.2, -0.15) is 0 Å². The minimum Gasteiger partial charge on any atom is -0.300 e. The first-order valence-corrected chi connectivity index (χ1v) is 7.34. The van der Waals surface area contributed by atoms with Crippen LogP contribution in [0.15, 0.2) is 18.3 Å². The van der Waals surface area contributed by atoms with E-state index in [9.17, 15) is 4.79 Å². The molecule has 1 aromatic rings. The van der Waals surface area contributed by atoms with Crippen molar-refractivity contribution in [3.63, 3.8) is 0 Å². The molecule has 1 aromatic heterocycles. The maximum atomic E-state index is 12.6. The van der Waals surface area contributed by atoms with Gasteiger partial charge >= 0.3 is 0 Å². The molecule has 2 aliphatic rings. The second kappa shape index (κ2) is 5.04. The Morgan fingerprint density at radius 2 is 2.00 bits per heavy atom. The van der Waals surface area contributed by atoms with Crippen LogP contribution in [0.25, 0.3) is 0 Å². The van der Waals surface area contributed by atoms with Gasteiger partial charge in [0.1, 0.15) is 0 Å². The minimum atomic E-state index is 0.216. The largest absolute Gasteiger partial charge is 0.300 e. The van der Waals surface area contributed by atoms with Crippen LogP contribution in [0.3, 0.4) is 0 Å². The highest BCUT2D eigenvalue weighted by molar-refractivity contribution is 5.98. The Hall–Kier alpha value is -1.22. The van der Waals surface area contributed by atoms with Gasteiger partial charge in [0.15, 0.2) is 5.78 Å². The highest BCUT2D eigenvalue weighted by Crippen LogP contribution is 2.37. The fourth-order valence-electron chi connectivity index (χ4n) is 3.76. The lowest BCUT2D eigenvalue weighted by atomic mass is 9.76. The number of hydrogen-bond acceptors (Lipinski definition) is 3. The number of ketones is 1. The van der Waals surface area contributed by atoms with E-state index < -0.39 is 0 Å². The average Bonchev–Trinajstić information content (AvgIpc) is 2.37. The molecule has 3 heteroatoms. The van der Waals surface area contributed by atoms with Gasteiger partial charge in [-0.3, -0.25) is 9.78 Å². The van der Waals surface area contributed by atoms with Gasteiger partial charge in [-0.1, -0.05) is 6.42 Å². The summed E-state index contributed by atoms with van der Waals surface area (Å²) in [4.78, 5) is 19.3. The van der Waals surface area contributed by atoms with Crippen LogP contribution < -0.4 is 0 Å². The van der Waals surface area contributed by atoms with Gasteiger partial charge in [0.2, 0.25) is 0 Å². The molecule has 3 rings (SSSR count). The Bertz CT molecular complexity index is 471. The normalized spacial score (nSPS) is 31.2. The van der Waals surface area contributed by atoms with Crippen molar-refractivity contribution >= 4 is 5.78 Å². The zero-order valence-corrected chi connectivity index (χ0v) is 11.8. The molecule has 2 unspecified atom stereocenters. The van der Waals surface area contributed by atoms with E-state index in [-0.39, 0.29) is 5.92 Å². The number of rotatable bonds is 2. The summed E-state index contributed by atoms with van der Waals surface area (Å²) in [5.41, 5.74) is 1.78. The van der Waals surface area contributed by atoms with E-state index in [1.807, 2.05) is 19.1 Å². The third kappa shape index (κ3) is 2.44. The van der Waals surface area contributed by atoms with Gasteiger partial charge in [-0.25, -0.2) is 0 Å². The van der Waals surface area contributed by atoms with Gasteiger partial charge in [-0.05, 0) is 51.8 Å². The van der Waals surface area contributed by atoms with Gasteiger partial charge in [-0.15, -0.1) is 0 Å². The van der Waals surface area contributed by atoms with E-state index in [0.29, 0.717) is 17.9 Å². The number of nitrogens with zero attached hydrogens (tertiary/aromatic N) is 2. The van der Waals surface area contributed by atoms with E-state index >= 15 is 0 Å². The number of Topliss-reactive ketones (excluding diaryl/α,β-unsaturated/α-hetero) is 1. The molecule has 0 radical (unpaired) electrons. The molecule has 0 aliphatic carbocycles. The maximum Gasteiger partial charge on any atom is 0.166 e. The molecule has 2 atom stereocenters. The van der Waals surface area contributed by atoms with Gasteiger partial charge in [0.05, 0.1) is 0 Å². The fraction of sp³-hybridized carbons (Fsp3) is 0.625. The predicted octanol–water partition coefficient (Wildman–Crippen LogP) is 2.84. The number of aromatic nitrogens is 1. The smallest absolute Gasteiger partial charge is 0.166 e. The van der Waals surface area contributed by atoms with Crippen molar-refractivity contribution in [2.24, 2.45) is 5.92 Å². The Labute approximate surface area is 115 Å². The van der Waals surface area contributed by atoms with Crippen molar-refractivity contribution in [1.82, 2.24) is 9.88 Å². The minimum absolute atomic E-state index is 0.216. The summed E-state index contributed by atoms with van der Waals surface area (Å²) in [5.74, 6) is 0.545. The highest BCUT2D eigenvalue weighted by atomic mass is 16.1. The van der Waals surface area contributed by atoms with Crippen LogP contribution in [0.4, 0.5) is 0 Å². The quantitative estimate of drug-likeness (QED) is 0.765. The van der Waals surface area contributed by atoms with Gasteiger partial charge in [0, 0.05) is 35.5 Å². The van der Waals surface area contributed by atoms with Crippen molar-refractivity contribution in [3.8, 4) is 0 Å². The summed E-state index contributed by atoms with van der Waals surface area (Å²) in [7, 11) is 2.23. The average molecular weight is 258 g/mol. The molecule has 19 heavy (non-hydrogen) atoms. The first-order chi connectivity index (χ1) is 9.15. The lowest BCUT2D eigenvalue weighted by molar-refractivity contribution is 0.0338. The first-order valence-electron chi connectivity index (χ1n) is 7.34. The number of pyridine rings is 1. The lowest BCUT2D eigenvalue weighted by Gasteiger charge is -2.46. The first kappa shape index (κ1) is 12.8. The SMILES string of the molecule is Cc1cc(C(=O)C2CC3CCCC(C2)N3C)ccn1. The van der Waals surface area contributed by atoms with Crippen LogP contribution in [0.5, 0.6) is 0 Å².